The number of rotatable bonds is 7. The maximum absolute atomic E-state index is 11.5. The summed E-state index contributed by atoms with van der Waals surface area (Å²) in [5, 5.41) is 0. The van der Waals surface area contributed by atoms with Gasteiger partial charge in [0.15, 0.2) is 0 Å². The van der Waals surface area contributed by atoms with Crippen LogP contribution in [0.4, 0.5) is 0 Å². The molecule has 0 aromatic heterocycles. The van der Waals surface area contributed by atoms with Gasteiger partial charge in [-0.05, 0) is 12.8 Å². The molecule has 0 aromatic carbocycles. The molecule has 1 fully saturated rings. The fraction of sp³-hybridized carbons (Fsp3) is 0.818. The Bertz CT molecular complexity index is 256. The Morgan fingerprint density at radius 1 is 1.56 bits per heavy atom. The van der Waals surface area contributed by atoms with Crippen LogP contribution in [-0.2, 0) is 14.3 Å². The van der Waals surface area contributed by atoms with Crippen LogP contribution in [0.1, 0.15) is 26.2 Å². The van der Waals surface area contributed by atoms with Crippen molar-refractivity contribution in [2.75, 3.05) is 26.3 Å². The topological polar surface area (TPSA) is 72.6 Å². The minimum atomic E-state index is -0.377. The van der Waals surface area contributed by atoms with E-state index in [0.717, 1.165) is 19.4 Å². The number of nitrogens with zero attached hydrogens (tertiary/aromatic N) is 1. The molecule has 0 bridgehead atoms. The Balaban J connectivity index is 2.18. The van der Waals surface area contributed by atoms with Crippen LogP contribution in [0, 0.1) is 5.92 Å². The first-order chi connectivity index (χ1) is 7.65. The fourth-order valence-electron chi connectivity index (χ4n) is 1.78. The maximum atomic E-state index is 11.5. The molecule has 1 aliphatic heterocycles. The van der Waals surface area contributed by atoms with Crippen LogP contribution < -0.4 is 5.73 Å². The third kappa shape index (κ3) is 3.81. The summed E-state index contributed by atoms with van der Waals surface area (Å²) in [5.41, 5.74) is 5.17. The number of amides is 2. The number of carbonyl (C=O) groups is 2. The molecule has 2 amide bonds. The highest BCUT2D eigenvalue weighted by Gasteiger charge is 2.32. The number of carbonyl (C=O) groups excluding carboxylic acids is 2. The highest BCUT2D eigenvalue weighted by atomic mass is 16.5. The number of hydrogen-bond acceptors (Lipinski definition) is 3. The minimum absolute atomic E-state index is 0.0271. The van der Waals surface area contributed by atoms with Gasteiger partial charge in [0.1, 0.15) is 0 Å². The summed E-state index contributed by atoms with van der Waals surface area (Å²) >= 11 is 0. The summed E-state index contributed by atoms with van der Waals surface area (Å²) in [6, 6.07) is 0. The third-order valence-electron chi connectivity index (χ3n) is 2.68. The molecule has 1 rings (SSSR count). The van der Waals surface area contributed by atoms with E-state index in [9.17, 15) is 9.59 Å². The summed E-state index contributed by atoms with van der Waals surface area (Å²) in [6.07, 6.45) is 2.09. The van der Waals surface area contributed by atoms with Gasteiger partial charge in [-0.3, -0.25) is 9.59 Å². The molecule has 5 nitrogen and oxygen atoms in total. The SMILES string of the molecule is CCCOCCCN1CC(C(N)=O)CC1=O. The van der Waals surface area contributed by atoms with E-state index in [0.29, 0.717) is 19.7 Å². The lowest BCUT2D eigenvalue weighted by atomic mass is 10.1. The quantitative estimate of drug-likeness (QED) is 0.630. The number of ether oxygens (including phenoxy) is 1. The molecule has 0 radical (unpaired) electrons. The molecule has 16 heavy (non-hydrogen) atoms. The van der Waals surface area contributed by atoms with Gasteiger partial charge in [-0.25, -0.2) is 0 Å². The molecule has 1 aliphatic rings. The Kier molecular flexibility index (Phi) is 5.25. The first-order valence-corrected chi connectivity index (χ1v) is 5.80. The second kappa shape index (κ2) is 6.48. The van der Waals surface area contributed by atoms with E-state index in [1.54, 1.807) is 4.90 Å². The van der Waals surface area contributed by atoms with Gasteiger partial charge in [-0.1, -0.05) is 6.92 Å². The van der Waals surface area contributed by atoms with Gasteiger partial charge < -0.3 is 15.4 Å². The van der Waals surface area contributed by atoms with Gasteiger partial charge >= 0.3 is 0 Å². The second-order valence-electron chi connectivity index (χ2n) is 4.11. The van der Waals surface area contributed by atoms with Gasteiger partial charge in [0.2, 0.25) is 11.8 Å². The molecule has 0 aromatic rings. The highest BCUT2D eigenvalue weighted by Crippen LogP contribution is 2.17. The van der Waals surface area contributed by atoms with E-state index >= 15 is 0 Å². The predicted octanol–water partition coefficient (Wildman–Crippen LogP) is 0.137. The van der Waals surface area contributed by atoms with Crippen molar-refractivity contribution in [3.8, 4) is 0 Å². The monoisotopic (exact) mass is 228 g/mol. The van der Waals surface area contributed by atoms with Crippen molar-refractivity contribution in [2.24, 2.45) is 11.7 Å². The summed E-state index contributed by atoms with van der Waals surface area (Å²) in [6.45, 7) is 4.62. The third-order valence-corrected chi connectivity index (χ3v) is 2.68. The average molecular weight is 228 g/mol. The molecule has 0 saturated carbocycles. The predicted molar refractivity (Wildman–Crippen MR) is 59.6 cm³/mol. The van der Waals surface area contributed by atoms with Crippen molar-refractivity contribution in [2.45, 2.75) is 26.2 Å². The number of primary amides is 1. The van der Waals surface area contributed by atoms with Crippen LogP contribution in [0.5, 0.6) is 0 Å². The lowest BCUT2D eigenvalue weighted by Crippen LogP contribution is -2.29. The lowest BCUT2D eigenvalue weighted by molar-refractivity contribution is -0.128. The van der Waals surface area contributed by atoms with Gasteiger partial charge in [0.05, 0.1) is 5.92 Å². The Labute approximate surface area is 95.9 Å². The number of hydrogen-bond donors (Lipinski definition) is 1. The van der Waals surface area contributed by atoms with Gasteiger partial charge in [0.25, 0.3) is 0 Å². The molecule has 0 spiro atoms. The molecular weight excluding hydrogens is 208 g/mol. The van der Waals surface area contributed by atoms with Crippen molar-refractivity contribution in [1.29, 1.82) is 0 Å². The molecular formula is C11H20N2O3. The van der Waals surface area contributed by atoms with Crippen LogP contribution in [0.15, 0.2) is 0 Å². The standard InChI is InChI=1S/C11H20N2O3/c1-2-5-16-6-3-4-13-8-9(11(12)15)7-10(13)14/h9H,2-8H2,1H3,(H2,12,15). The van der Waals surface area contributed by atoms with Crippen molar-refractivity contribution >= 4 is 11.8 Å². The second-order valence-corrected chi connectivity index (χ2v) is 4.11. The molecule has 2 N–H and O–H groups in total. The molecule has 0 aliphatic carbocycles. The highest BCUT2D eigenvalue weighted by molar-refractivity contribution is 5.88. The van der Waals surface area contributed by atoms with Crippen LogP contribution >= 0.6 is 0 Å². The van der Waals surface area contributed by atoms with E-state index in [2.05, 4.69) is 6.92 Å². The van der Waals surface area contributed by atoms with Crippen molar-refractivity contribution in [3.05, 3.63) is 0 Å². The summed E-state index contributed by atoms with van der Waals surface area (Å²) in [4.78, 5) is 24.1. The largest absolute Gasteiger partial charge is 0.381 e. The van der Waals surface area contributed by atoms with E-state index in [4.69, 9.17) is 10.5 Å². The molecule has 1 atom stereocenters. The zero-order valence-corrected chi connectivity index (χ0v) is 9.78. The van der Waals surface area contributed by atoms with Gasteiger partial charge in [-0.15, -0.1) is 0 Å². The lowest BCUT2D eigenvalue weighted by Gasteiger charge is -2.15. The summed E-state index contributed by atoms with van der Waals surface area (Å²) in [5.74, 6) is -0.651. The van der Waals surface area contributed by atoms with Crippen LogP contribution in [0.25, 0.3) is 0 Å². The van der Waals surface area contributed by atoms with E-state index < -0.39 is 0 Å². The first kappa shape index (κ1) is 13.0. The number of nitrogens with two attached hydrogens (primary N) is 1. The Morgan fingerprint density at radius 3 is 2.88 bits per heavy atom. The zero-order valence-electron chi connectivity index (χ0n) is 9.78. The maximum Gasteiger partial charge on any atom is 0.223 e. The zero-order chi connectivity index (χ0) is 12.0. The van der Waals surface area contributed by atoms with Crippen LogP contribution in [0.3, 0.4) is 0 Å². The van der Waals surface area contributed by atoms with Crippen molar-refractivity contribution < 1.29 is 14.3 Å². The van der Waals surface area contributed by atoms with E-state index in [-0.39, 0.29) is 24.2 Å². The Morgan fingerprint density at radius 2 is 2.31 bits per heavy atom. The summed E-state index contributed by atoms with van der Waals surface area (Å²) in [7, 11) is 0. The van der Waals surface area contributed by atoms with Gasteiger partial charge in [-0.2, -0.15) is 0 Å². The fourth-order valence-corrected chi connectivity index (χ4v) is 1.78. The number of likely N-dealkylation sites (tertiary alicyclic amines) is 1. The molecule has 92 valence electrons. The molecule has 1 heterocycles. The molecule has 1 unspecified atom stereocenters. The van der Waals surface area contributed by atoms with Crippen molar-refractivity contribution in [1.82, 2.24) is 4.90 Å². The average Bonchev–Trinajstić information content (AvgIpc) is 2.60. The smallest absolute Gasteiger partial charge is 0.223 e. The molecule has 5 heteroatoms. The van der Waals surface area contributed by atoms with Crippen LogP contribution in [0.2, 0.25) is 0 Å². The normalized spacial score (nSPS) is 20.4. The first-order valence-electron chi connectivity index (χ1n) is 5.80. The van der Waals surface area contributed by atoms with E-state index in [1.807, 2.05) is 0 Å². The van der Waals surface area contributed by atoms with Gasteiger partial charge in [0, 0.05) is 32.7 Å². The Hall–Kier alpha value is -1.10. The minimum Gasteiger partial charge on any atom is -0.381 e. The van der Waals surface area contributed by atoms with E-state index in [1.165, 1.54) is 0 Å². The van der Waals surface area contributed by atoms with Crippen molar-refractivity contribution in [3.63, 3.8) is 0 Å². The molecule has 1 saturated heterocycles. The van der Waals surface area contributed by atoms with Crippen LogP contribution in [-0.4, -0.2) is 43.0 Å². The summed E-state index contributed by atoms with van der Waals surface area (Å²) < 4.78 is 5.32.